The molecule has 14 heterocycles. The Balaban J connectivity index is 0.742. The highest BCUT2D eigenvalue weighted by molar-refractivity contribution is 8.32. The second kappa shape index (κ2) is 46.2. The number of aromatic nitrogens is 16. The summed E-state index contributed by atoms with van der Waals surface area (Å²) >= 11 is 22.2. The normalized spacial score (nSPS) is 29.4. The fourth-order valence-electron chi connectivity index (χ4n) is 15.9. The second-order valence-corrected chi connectivity index (χ2v) is 44.2. The van der Waals surface area contributed by atoms with Crippen molar-refractivity contribution in [2.24, 2.45) is 0 Å². The van der Waals surface area contributed by atoms with Crippen LogP contribution >= 0.6 is 34.8 Å². The lowest BCUT2D eigenvalue weighted by Gasteiger charge is -2.37. The molecule has 14 rings (SSSR count). The molecule has 0 amide bonds. The summed E-state index contributed by atoms with van der Waals surface area (Å²) < 4.78 is 181. The number of nitrogens with zero attached hydrogens (tertiary/aromatic N) is 13. The quantitative estimate of drug-likeness (QED) is 0.0111. The highest BCUT2D eigenvalue weighted by Crippen LogP contribution is 2.56. The topological polar surface area (TPSA) is 733 Å². The number of nitrogens with two attached hydrogens (primary N) is 3. The van der Waals surface area contributed by atoms with Gasteiger partial charge in [-0.15, -0.1) is 0 Å². The number of nitrogen functional groups attached to an aromatic ring is 3. The van der Waals surface area contributed by atoms with Crippen molar-refractivity contribution in [1.82, 2.24) is 77.2 Å². The molecule has 0 radical (unpaired) electrons. The number of methoxy groups -OCH3 is 4. The van der Waals surface area contributed by atoms with Gasteiger partial charge < -0.3 is 166 Å². The summed E-state index contributed by atoms with van der Waals surface area (Å²) in [6, 6.07) is 0. The minimum atomic E-state index is -6.13. The number of aliphatic hydroxyl groups is 1. The Morgan fingerprint density at radius 2 is 0.799 bits per heavy atom. The van der Waals surface area contributed by atoms with Crippen molar-refractivity contribution in [1.29, 1.82) is 0 Å². The van der Waals surface area contributed by atoms with Gasteiger partial charge in [-0.2, -0.15) is 4.98 Å². The number of aliphatic hydroxyl groups excluding tert-OH is 1. The Kier molecular flexibility index (Phi) is 35.8. The molecule has 11 unspecified atom stereocenters. The first kappa shape index (κ1) is 108. The molecule has 0 aromatic carbocycles. The molecule has 10 N–H and O–H groups in total. The fraction of sp³-hybridized carbons (Fsp3) is 0.644. The number of phosphoric acid groups is 1. The summed E-state index contributed by atoms with van der Waals surface area (Å²) in [6.45, 7) is -19.2. The number of anilines is 3. The molecule has 6 fully saturated rings. The van der Waals surface area contributed by atoms with E-state index in [0.29, 0.717) is 5.56 Å². The van der Waals surface area contributed by atoms with Crippen molar-refractivity contribution in [2.45, 2.75) is 189 Å². The zero-order chi connectivity index (χ0) is 100. The van der Waals surface area contributed by atoms with E-state index in [0.717, 1.165) is 43.3 Å². The zero-order valence-electron chi connectivity index (χ0n) is 75.1. The maximum atomic E-state index is 15.6. The average Bonchev–Trinajstić information content (AvgIpc) is 1.61. The van der Waals surface area contributed by atoms with E-state index in [-0.39, 0.29) is 116 Å². The molecule has 6 saturated heterocycles. The molecule has 768 valence electrons. The predicted molar refractivity (Wildman–Crippen MR) is 480 cm³/mol. The minimum Gasteiger partial charge on any atom is -0.780 e. The van der Waals surface area contributed by atoms with Crippen LogP contribution in [-0.2, 0) is 168 Å². The van der Waals surface area contributed by atoms with Crippen LogP contribution < -0.4 is 76.2 Å². The Morgan fingerprint density at radius 3 is 1.26 bits per heavy atom. The monoisotopic (exact) mass is 2130 g/mol. The van der Waals surface area contributed by atoms with E-state index in [2.05, 4.69) is 49.8 Å². The molecule has 8 aromatic heterocycles. The van der Waals surface area contributed by atoms with Gasteiger partial charge in [0.2, 0.25) is 0 Å². The van der Waals surface area contributed by atoms with Crippen LogP contribution in [0.3, 0.4) is 0 Å². The molecule has 6 aliphatic rings. The maximum Gasteiger partial charge on any atom is 0.351 e. The molecule has 57 nitrogen and oxygen atoms in total. The highest BCUT2D eigenvalue weighted by atomic mass is 32.7. The van der Waals surface area contributed by atoms with Crippen LogP contribution in [0.5, 0.6) is 0 Å². The van der Waals surface area contributed by atoms with Crippen LogP contribution in [0.15, 0.2) is 83.7 Å². The van der Waals surface area contributed by atoms with Crippen LogP contribution in [0.4, 0.5) is 17.5 Å². The van der Waals surface area contributed by atoms with E-state index < -0.39 is 255 Å². The van der Waals surface area contributed by atoms with Crippen LogP contribution in [0, 0.1) is 27.7 Å². The maximum absolute atomic E-state index is 15.6. The lowest BCUT2D eigenvalue weighted by atomic mass is 10.1. The number of nitrogens with one attached hydrogen (secondary N) is 3. The first-order valence-electron chi connectivity index (χ1n) is 42.4. The van der Waals surface area contributed by atoms with Crippen molar-refractivity contribution in [2.75, 3.05) is 132 Å². The molecule has 0 bridgehead atoms. The highest BCUT2D eigenvalue weighted by Gasteiger charge is 2.56. The third-order valence-electron chi connectivity index (χ3n) is 22.7. The molecular weight excluding hydrogens is 2030 g/mol. The van der Waals surface area contributed by atoms with Gasteiger partial charge in [0.1, 0.15) is 141 Å². The van der Waals surface area contributed by atoms with E-state index in [1.807, 2.05) is 0 Å². The molecule has 27 atom stereocenters. The summed E-state index contributed by atoms with van der Waals surface area (Å²) in [4.78, 5) is 187. The first-order chi connectivity index (χ1) is 66.0. The number of imidazole rings is 2. The smallest absolute Gasteiger partial charge is 0.351 e. The molecule has 0 aliphatic carbocycles. The second-order valence-electron chi connectivity index (χ2n) is 32.0. The number of fused-ring (bicyclic) bond motifs is 2. The van der Waals surface area contributed by atoms with Gasteiger partial charge in [0.15, 0.2) is 54.6 Å². The summed E-state index contributed by atoms with van der Waals surface area (Å²) in [7, 11) is -0.729. The predicted octanol–water partition coefficient (Wildman–Crippen LogP) is -3.50. The van der Waals surface area contributed by atoms with Crippen molar-refractivity contribution in [3.05, 3.63) is 145 Å². The molecule has 6 aliphatic heterocycles. The molecule has 0 spiro atoms. The van der Waals surface area contributed by atoms with Gasteiger partial charge in [-0.25, -0.2) is 49.1 Å². The summed E-state index contributed by atoms with van der Waals surface area (Å²) in [5, 5.41) is 11.8. The summed E-state index contributed by atoms with van der Waals surface area (Å²) in [5.41, 5.74) is 13.0. The Bertz CT molecular complexity index is 6380. The van der Waals surface area contributed by atoms with E-state index >= 15 is 19.2 Å². The number of aryl methyl sites for hydroxylation is 4. The standard InChI is InChI=1S/C73H104N19O38P5S4/c1-10-38-39(19-46(120-38)87-22-35(3)63(94)84-71(87)98)126-132(103,136)116-25-41-40(20-47(121-41)88-23-36(4)64(95)85-72(88)99)127-133(104,137)118-28-44-51(55(112-16-12-108-7)67(123-44)90-24-37(5)65(96)86-73(90)100)128-131(101,102)115-27-43-52(56(113-17-13-109-8)68(124-43)91-32-81-48-59(75)77-30-79-61(48)91)129-135(106,139)119-29-45-53(57(114-18-14-110-9)69(125-45)92-33-82-49-60(76)78-31-80-62(49)92)130-134(105,138)117-26-42-50(93)54(111-15-11-107-6)66(122-42)89-21-34(2)58(74)83-70(89)97/h21-24,30-33,38-47,50-57,66-69,93H,10-20,25-29H2,1-9H3,(H,101,102)(H,103,136)(H,104,137)(H,105,138)(H,106,139)(H2,74,83,97)(H2,75,77,79)(H2,76,78,80)(H,84,94,98)(H,85,95,99)(H,86,96,100)/p-5/t38-,39?,40?,41-,42-,43-,44-,45-,46-,47-,50?,51?,52?,53?,54+,55+,56+,57+,66-,67-,68-,69-,132?,133?,134?,135?/m1/s1. The SMILES string of the molecule is CC[C@H]1O[C@@H](n2cc(C)c(=O)[nH]c2=O)CC1OP([O-])(=S)OC[C@H]1O[C@@H](n2cc(C)c(=O)[nH]c2=O)CC1OP(=O)([S-])OC[C@H]1O[C@@H](n2cc(C)c(=O)[nH]c2=O)[C@@H](OCCOC)C1OP(=O)([O-])OC[C@H]1O[C@@H](n2cnc3c(N)ncnc32)[C@@H](OCCOC)C1OP([O-])(=S)OC[C@H]1O[C@@H](n2cnc3c(N)ncnc32)[C@@H](OCCOC)C1OP([O-])(=S)OC[C@H]1O[C@@H](n2cc(C)c(N)nc2=O)[C@@H](OCCOC)C1O. The van der Waals surface area contributed by atoms with Gasteiger partial charge in [-0.3, -0.25) is 65.9 Å². The van der Waals surface area contributed by atoms with Crippen molar-refractivity contribution in [3.63, 3.8) is 0 Å². The third kappa shape index (κ3) is 25.6. The van der Waals surface area contributed by atoms with E-state index in [9.17, 15) is 48.1 Å². The molecule has 0 saturated carbocycles. The van der Waals surface area contributed by atoms with Gasteiger partial charge in [-0.05, 0) is 34.1 Å². The number of aromatic amines is 3. The lowest BCUT2D eigenvalue weighted by Crippen LogP contribution is -2.42. The summed E-state index contributed by atoms with van der Waals surface area (Å²) in [5.74, 6) is -0.274. The molecule has 8 aromatic rings. The van der Waals surface area contributed by atoms with Gasteiger partial charge in [0.25, 0.3) is 24.5 Å². The zero-order valence-corrected chi connectivity index (χ0v) is 82.8. The summed E-state index contributed by atoms with van der Waals surface area (Å²) in [6.07, 6.45) is -25.4. The van der Waals surface area contributed by atoms with Gasteiger partial charge in [0.05, 0.1) is 117 Å². The number of hydrogen-bond donors (Lipinski definition) is 7. The third-order valence-corrected chi connectivity index (χ3v) is 29.9. The first-order valence-corrected chi connectivity index (χ1v) is 54.1. The lowest BCUT2D eigenvalue weighted by molar-refractivity contribution is -0.238. The number of hydrogen-bond acceptors (Lipinski definition) is 52. The Labute approximate surface area is 806 Å². The molecule has 139 heavy (non-hydrogen) atoms. The van der Waals surface area contributed by atoms with Crippen molar-refractivity contribution >= 4 is 122 Å². The van der Waals surface area contributed by atoms with Gasteiger partial charge >= 0.3 is 22.8 Å². The van der Waals surface area contributed by atoms with Crippen LogP contribution in [-0.4, -0.2) is 294 Å². The Morgan fingerprint density at radius 1 is 0.432 bits per heavy atom. The molecule has 66 heteroatoms. The van der Waals surface area contributed by atoms with E-state index in [1.165, 1.54) is 83.4 Å². The van der Waals surface area contributed by atoms with E-state index in [4.69, 9.17) is 176 Å². The van der Waals surface area contributed by atoms with Crippen LogP contribution in [0.1, 0.15) is 85.8 Å². The fourth-order valence-corrected chi connectivity index (χ4v) is 22.6. The average molecular weight is 2130 g/mol. The van der Waals surface area contributed by atoms with Crippen molar-refractivity contribution in [3.8, 4) is 0 Å². The minimum absolute atomic E-state index is 0.0157. The Hall–Kier alpha value is -6.98. The van der Waals surface area contributed by atoms with E-state index in [1.54, 1.807) is 13.8 Å². The largest absolute Gasteiger partial charge is 0.780 e. The van der Waals surface area contributed by atoms with Crippen LogP contribution in [0.2, 0.25) is 0 Å². The number of phosphoric ester groups is 1. The van der Waals surface area contributed by atoms with Crippen LogP contribution in [0.25, 0.3) is 22.3 Å². The van der Waals surface area contributed by atoms with Gasteiger partial charge in [0, 0.05) is 88.3 Å². The number of rotatable bonds is 48. The number of ether oxygens (including phenoxy) is 14. The molecular formula is C73H99N19O38P5S4-5. The number of H-pyrrole nitrogens is 3. The van der Waals surface area contributed by atoms with Gasteiger partial charge in [-0.1, -0.05) is 42.3 Å². The van der Waals surface area contributed by atoms with Crippen molar-refractivity contribution < 1.29 is 145 Å².